The highest BCUT2D eigenvalue weighted by Crippen LogP contribution is 2.33. The van der Waals surface area contributed by atoms with E-state index in [1.54, 1.807) is 67.6 Å². The van der Waals surface area contributed by atoms with E-state index in [1.807, 2.05) is 0 Å². The second kappa shape index (κ2) is 7.60. The maximum Gasteiger partial charge on any atom is 0.356 e. The molecule has 2 atom stereocenters. The van der Waals surface area contributed by atoms with Crippen molar-refractivity contribution in [3.63, 3.8) is 0 Å². The molecule has 2 aromatic carbocycles. The minimum Gasteiger partial charge on any atom is -0.464 e. The lowest BCUT2D eigenvalue weighted by Gasteiger charge is -2.28. The van der Waals surface area contributed by atoms with Crippen molar-refractivity contribution in [1.29, 1.82) is 0 Å². The minimum atomic E-state index is -1.02. The van der Waals surface area contributed by atoms with Gasteiger partial charge in [-0.2, -0.15) is 0 Å². The maximum atomic E-state index is 13.2. The van der Waals surface area contributed by atoms with Crippen molar-refractivity contribution >= 4 is 23.8 Å². The number of esters is 1. The molecule has 8 heteroatoms. The summed E-state index contributed by atoms with van der Waals surface area (Å²) in [7, 11) is 0. The van der Waals surface area contributed by atoms with E-state index in [0.717, 1.165) is 19.5 Å². The number of aromatic nitrogens is 3. The first-order chi connectivity index (χ1) is 14.0. The van der Waals surface area contributed by atoms with Gasteiger partial charge in [0.25, 0.3) is 0 Å². The molecule has 29 heavy (non-hydrogen) atoms. The smallest absolute Gasteiger partial charge is 0.356 e. The number of carbonyl (C=O) groups is 1. The van der Waals surface area contributed by atoms with E-state index in [2.05, 4.69) is 0 Å². The van der Waals surface area contributed by atoms with Crippen molar-refractivity contribution in [2.24, 2.45) is 0 Å². The van der Waals surface area contributed by atoms with Crippen molar-refractivity contribution in [3.8, 4) is 5.69 Å². The van der Waals surface area contributed by atoms with E-state index in [4.69, 9.17) is 16.3 Å². The van der Waals surface area contributed by atoms with Gasteiger partial charge < -0.3 is 4.74 Å². The van der Waals surface area contributed by atoms with Crippen LogP contribution in [-0.4, -0.2) is 26.5 Å². The second-order valence-electron chi connectivity index (χ2n) is 6.54. The number of rotatable bonds is 4. The lowest BCUT2D eigenvalue weighted by Crippen LogP contribution is -2.39. The fraction of sp³-hybridized carbons (Fsp3) is 0.190. The monoisotopic (exact) mass is 411 g/mol. The quantitative estimate of drug-likeness (QED) is 0.619. The summed E-state index contributed by atoms with van der Waals surface area (Å²) in [5.74, 6) is -1.08. The summed E-state index contributed by atoms with van der Waals surface area (Å²) in [6.45, 7) is 1.85. The fourth-order valence-electron chi connectivity index (χ4n) is 3.54. The van der Waals surface area contributed by atoms with Crippen molar-refractivity contribution in [2.75, 3.05) is 6.61 Å². The number of ether oxygens (including phenoxy) is 1. The van der Waals surface area contributed by atoms with Gasteiger partial charge in [-0.1, -0.05) is 48.0 Å². The van der Waals surface area contributed by atoms with Gasteiger partial charge in [-0.15, -0.1) is 0 Å². The number of halogens is 1. The zero-order chi connectivity index (χ0) is 20.5. The van der Waals surface area contributed by atoms with E-state index in [-0.39, 0.29) is 6.61 Å². The highest BCUT2D eigenvalue weighted by atomic mass is 35.5. The summed E-state index contributed by atoms with van der Waals surface area (Å²) in [4.78, 5) is 39.0. The van der Waals surface area contributed by atoms with Crippen molar-refractivity contribution in [1.82, 2.24) is 13.9 Å². The largest absolute Gasteiger partial charge is 0.464 e. The molecule has 0 spiro atoms. The Balaban J connectivity index is 1.92. The SMILES string of the molecule is CCOC(=O)[C@H]1[C@H](c2ccc(Cl)cc2)C=Cn2c(=O)n(-c3ccccc3)c(=O)n21. The molecule has 1 aromatic heterocycles. The van der Waals surface area contributed by atoms with Crippen molar-refractivity contribution in [2.45, 2.75) is 18.9 Å². The van der Waals surface area contributed by atoms with Crippen LogP contribution in [0.1, 0.15) is 24.4 Å². The highest BCUT2D eigenvalue weighted by Gasteiger charge is 2.38. The molecule has 0 unspecified atom stereocenters. The molecule has 0 radical (unpaired) electrons. The molecule has 1 aliphatic heterocycles. The normalized spacial score (nSPS) is 17.7. The lowest BCUT2D eigenvalue weighted by molar-refractivity contribution is -0.148. The first-order valence-corrected chi connectivity index (χ1v) is 9.52. The highest BCUT2D eigenvalue weighted by molar-refractivity contribution is 6.30. The molecule has 3 aromatic rings. The Morgan fingerprint density at radius 2 is 1.72 bits per heavy atom. The van der Waals surface area contributed by atoms with Crippen LogP contribution in [0.3, 0.4) is 0 Å². The summed E-state index contributed by atoms with van der Waals surface area (Å²) < 4.78 is 8.60. The van der Waals surface area contributed by atoms with Crippen LogP contribution in [0.25, 0.3) is 11.9 Å². The Morgan fingerprint density at radius 1 is 1.03 bits per heavy atom. The topological polar surface area (TPSA) is 75.2 Å². The van der Waals surface area contributed by atoms with Gasteiger partial charge in [0, 0.05) is 17.1 Å². The zero-order valence-electron chi connectivity index (χ0n) is 15.6. The predicted octanol–water partition coefficient (Wildman–Crippen LogP) is 2.83. The number of nitrogens with zero attached hydrogens (tertiary/aromatic N) is 3. The van der Waals surface area contributed by atoms with E-state index < -0.39 is 29.3 Å². The number of hydrogen-bond acceptors (Lipinski definition) is 4. The fourth-order valence-corrected chi connectivity index (χ4v) is 3.67. The molecule has 0 bridgehead atoms. The molecule has 0 aliphatic carbocycles. The number of allylic oxidation sites excluding steroid dienone is 1. The van der Waals surface area contributed by atoms with Crippen LogP contribution < -0.4 is 11.4 Å². The van der Waals surface area contributed by atoms with Crippen LogP contribution >= 0.6 is 11.6 Å². The summed E-state index contributed by atoms with van der Waals surface area (Å²) in [5, 5.41) is 0.561. The molecule has 1 aliphatic rings. The third-order valence-corrected chi connectivity index (χ3v) is 5.09. The van der Waals surface area contributed by atoms with E-state index in [1.165, 1.54) is 6.20 Å². The summed E-state index contributed by atoms with van der Waals surface area (Å²) >= 11 is 5.98. The van der Waals surface area contributed by atoms with Crippen LogP contribution in [0.5, 0.6) is 0 Å². The molecule has 0 saturated carbocycles. The zero-order valence-corrected chi connectivity index (χ0v) is 16.3. The standard InChI is InChI=1S/C21H18ClN3O4/c1-2-29-19(26)18-17(14-8-10-15(22)11-9-14)12-13-23-20(27)24(21(28)25(18)23)16-6-4-3-5-7-16/h3-13,17-18H,2H2,1H3/t17-,18+/m0/s1. The maximum absolute atomic E-state index is 13.2. The first kappa shape index (κ1) is 19.0. The van der Waals surface area contributed by atoms with Gasteiger partial charge in [0.15, 0.2) is 6.04 Å². The van der Waals surface area contributed by atoms with Crippen molar-refractivity contribution in [3.05, 3.63) is 92.2 Å². The van der Waals surface area contributed by atoms with Crippen molar-refractivity contribution < 1.29 is 9.53 Å². The summed E-state index contributed by atoms with van der Waals surface area (Å²) in [6.07, 6.45) is 3.24. The lowest BCUT2D eigenvalue weighted by atomic mass is 9.90. The van der Waals surface area contributed by atoms with E-state index in [0.29, 0.717) is 10.7 Å². The number of carbonyl (C=O) groups excluding carboxylic acids is 1. The molecular weight excluding hydrogens is 394 g/mol. The van der Waals surface area contributed by atoms with Gasteiger partial charge in [0.1, 0.15) is 0 Å². The minimum absolute atomic E-state index is 0.158. The molecule has 2 heterocycles. The van der Waals surface area contributed by atoms with Gasteiger partial charge in [-0.05, 0) is 36.8 Å². The average molecular weight is 412 g/mol. The Morgan fingerprint density at radius 3 is 2.38 bits per heavy atom. The van der Waals surface area contributed by atoms with Crippen LogP contribution in [0, 0.1) is 0 Å². The Kier molecular flexibility index (Phi) is 4.98. The molecule has 148 valence electrons. The molecule has 0 N–H and O–H groups in total. The summed E-state index contributed by atoms with van der Waals surface area (Å²) in [5.41, 5.74) is 0.0431. The Hall–Kier alpha value is -3.32. The average Bonchev–Trinajstić information content (AvgIpc) is 2.99. The van der Waals surface area contributed by atoms with E-state index >= 15 is 0 Å². The van der Waals surface area contributed by atoms with Gasteiger partial charge in [-0.25, -0.2) is 28.3 Å². The number of hydrogen-bond donors (Lipinski definition) is 0. The van der Waals surface area contributed by atoms with Crippen LogP contribution in [0.15, 0.2) is 70.3 Å². The molecule has 4 rings (SSSR count). The van der Waals surface area contributed by atoms with Crippen LogP contribution in [0.2, 0.25) is 5.02 Å². The number of para-hydroxylation sites is 1. The first-order valence-electron chi connectivity index (χ1n) is 9.15. The van der Waals surface area contributed by atoms with Gasteiger partial charge >= 0.3 is 17.3 Å². The van der Waals surface area contributed by atoms with Crippen LogP contribution in [-0.2, 0) is 9.53 Å². The van der Waals surface area contributed by atoms with Gasteiger partial charge in [0.2, 0.25) is 0 Å². The molecular formula is C21H18ClN3O4. The third kappa shape index (κ3) is 3.23. The summed E-state index contributed by atoms with van der Waals surface area (Å²) in [6, 6.07) is 14.6. The predicted molar refractivity (Wildman–Crippen MR) is 109 cm³/mol. The Labute approximate surface area is 171 Å². The van der Waals surface area contributed by atoms with Crippen LogP contribution in [0.4, 0.5) is 0 Å². The number of fused-ring (bicyclic) bond motifs is 1. The molecule has 0 amide bonds. The molecule has 0 fully saturated rings. The van der Waals surface area contributed by atoms with E-state index in [9.17, 15) is 14.4 Å². The Bertz CT molecular complexity index is 1190. The third-order valence-electron chi connectivity index (χ3n) is 4.84. The second-order valence-corrected chi connectivity index (χ2v) is 6.98. The van der Waals surface area contributed by atoms with Gasteiger partial charge in [-0.3, -0.25) is 0 Å². The van der Waals surface area contributed by atoms with Gasteiger partial charge in [0.05, 0.1) is 12.3 Å². The molecule has 0 saturated heterocycles. The number of benzene rings is 2. The molecule has 7 nitrogen and oxygen atoms in total.